The van der Waals surface area contributed by atoms with Gasteiger partial charge in [-0.05, 0) is 31.2 Å². The molecule has 152 valence electrons. The van der Waals surface area contributed by atoms with Gasteiger partial charge in [-0.1, -0.05) is 12.1 Å². The molecule has 9 heteroatoms. The van der Waals surface area contributed by atoms with Gasteiger partial charge in [-0.2, -0.15) is 13.2 Å². The smallest absolute Gasteiger partial charge is 0.453 e. The van der Waals surface area contributed by atoms with Crippen LogP contribution in [0.25, 0.3) is 11.0 Å². The van der Waals surface area contributed by atoms with Crippen LogP contribution < -0.4 is 19.6 Å². The summed E-state index contributed by atoms with van der Waals surface area (Å²) in [6.45, 7) is 3.08. The van der Waals surface area contributed by atoms with Crippen molar-refractivity contribution in [2.24, 2.45) is 0 Å². The fraction of sp³-hybridized carbons (Fsp3) is 0.200. The standard InChI is InChI=1S/C20H15F3O6/c1-3-26-14-6-4-5-7-15(14)28-18-17(25)13-9-8-12(27-11(2)24)10-16(13)29-19(18)20(21,22)23/h4-10H,3H2,1-2H3. The van der Waals surface area contributed by atoms with Gasteiger partial charge in [0.2, 0.25) is 11.2 Å². The van der Waals surface area contributed by atoms with E-state index >= 15 is 0 Å². The zero-order chi connectivity index (χ0) is 21.2. The predicted molar refractivity (Wildman–Crippen MR) is 96.5 cm³/mol. The Morgan fingerprint density at radius 3 is 2.41 bits per heavy atom. The number of benzene rings is 2. The minimum absolute atomic E-state index is 0.0587. The molecule has 0 atom stereocenters. The van der Waals surface area contributed by atoms with E-state index < -0.39 is 34.7 Å². The second-order valence-corrected chi connectivity index (χ2v) is 5.82. The lowest BCUT2D eigenvalue weighted by Gasteiger charge is -2.15. The molecular formula is C20H15F3O6. The van der Waals surface area contributed by atoms with Crippen molar-refractivity contribution in [2.45, 2.75) is 20.0 Å². The molecule has 0 bridgehead atoms. The van der Waals surface area contributed by atoms with Crippen LogP contribution in [0.15, 0.2) is 51.7 Å². The van der Waals surface area contributed by atoms with Crippen LogP contribution in [0.2, 0.25) is 0 Å². The molecule has 0 amide bonds. The first-order valence-electron chi connectivity index (χ1n) is 8.47. The second kappa shape index (κ2) is 7.86. The number of ether oxygens (including phenoxy) is 3. The van der Waals surface area contributed by atoms with E-state index in [4.69, 9.17) is 18.6 Å². The van der Waals surface area contributed by atoms with Gasteiger partial charge in [-0.15, -0.1) is 0 Å². The van der Waals surface area contributed by atoms with Crippen molar-refractivity contribution in [3.8, 4) is 23.0 Å². The quantitative estimate of drug-likeness (QED) is 0.440. The maximum absolute atomic E-state index is 13.6. The molecule has 6 nitrogen and oxygen atoms in total. The summed E-state index contributed by atoms with van der Waals surface area (Å²) < 4.78 is 61.2. The number of alkyl halides is 3. The normalized spacial score (nSPS) is 11.3. The molecule has 0 spiro atoms. The molecular weight excluding hydrogens is 393 g/mol. The molecule has 2 aromatic carbocycles. The third kappa shape index (κ3) is 4.34. The van der Waals surface area contributed by atoms with Crippen molar-refractivity contribution in [2.75, 3.05) is 6.61 Å². The van der Waals surface area contributed by atoms with Crippen LogP contribution in [-0.4, -0.2) is 12.6 Å². The van der Waals surface area contributed by atoms with E-state index in [9.17, 15) is 22.8 Å². The average molecular weight is 408 g/mol. The number of carbonyl (C=O) groups is 1. The Hall–Kier alpha value is -3.49. The van der Waals surface area contributed by atoms with Crippen LogP contribution in [0.4, 0.5) is 13.2 Å². The van der Waals surface area contributed by atoms with Crippen molar-refractivity contribution < 1.29 is 36.6 Å². The number of hydrogen-bond donors (Lipinski definition) is 0. The van der Waals surface area contributed by atoms with Gasteiger partial charge < -0.3 is 18.6 Å². The lowest BCUT2D eigenvalue weighted by molar-refractivity contribution is -0.154. The van der Waals surface area contributed by atoms with Gasteiger partial charge in [-0.25, -0.2) is 0 Å². The summed E-state index contributed by atoms with van der Waals surface area (Å²) in [6.07, 6.45) is -5.01. The van der Waals surface area contributed by atoms with E-state index in [-0.39, 0.29) is 29.2 Å². The van der Waals surface area contributed by atoms with E-state index in [2.05, 4.69) is 0 Å². The molecule has 0 aliphatic carbocycles. The number of esters is 1. The molecule has 1 aromatic heterocycles. The van der Waals surface area contributed by atoms with E-state index in [0.29, 0.717) is 0 Å². The zero-order valence-corrected chi connectivity index (χ0v) is 15.3. The average Bonchev–Trinajstić information content (AvgIpc) is 2.64. The van der Waals surface area contributed by atoms with Crippen LogP contribution in [0.1, 0.15) is 19.6 Å². The summed E-state index contributed by atoms with van der Waals surface area (Å²) in [5.74, 6) is -3.25. The van der Waals surface area contributed by atoms with Crippen LogP contribution in [-0.2, 0) is 11.0 Å². The first kappa shape index (κ1) is 20.2. The first-order chi connectivity index (χ1) is 13.7. The second-order valence-electron chi connectivity index (χ2n) is 5.82. The van der Waals surface area contributed by atoms with Gasteiger partial charge >= 0.3 is 12.1 Å². The molecule has 0 unspecified atom stereocenters. The van der Waals surface area contributed by atoms with Gasteiger partial charge in [0.25, 0.3) is 5.76 Å². The molecule has 3 aromatic rings. The largest absolute Gasteiger partial charge is 0.490 e. The van der Waals surface area contributed by atoms with Gasteiger partial charge in [-0.3, -0.25) is 9.59 Å². The number of halogens is 3. The highest BCUT2D eigenvalue weighted by Crippen LogP contribution is 2.40. The van der Waals surface area contributed by atoms with Crippen molar-refractivity contribution >= 4 is 16.9 Å². The maximum atomic E-state index is 13.6. The lowest BCUT2D eigenvalue weighted by Crippen LogP contribution is -2.16. The highest BCUT2D eigenvalue weighted by Gasteiger charge is 2.40. The fourth-order valence-corrected chi connectivity index (χ4v) is 2.58. The molecule has 0 N–H and O–H groups in total. The molecule has 1 heterocycles. The highest BCUT2D eigenvalue weighted by atomic mass is 19.4. The van der Waals surface area contributed by atoms with E-state index in [1.54, 1.807) is 13.0 Å². The Morgan fingerprint density at radius 1 is 1.10 bits per heavy atom. The van der Waals surface area contributed by atoms with Gasteiger partial charge in [0, 0.05) is 13.0 Å². The summed E-state index contributed by atoms with van der Waals surface area (Å²) >= 11 is 0. The third-order valence-corrected chi connectivity index (χ3v) is 3.70. The number of fused-ring (bicyclic) bond motifs is 1. The third-order valence-electron chi connectivity index (χ3n) is 3.70. The molecule has 0 saturated heterocycles. The molecule has 0 fully saturated rings. The number of para-hydroxylation sites is 2. The SMILES string of the molecule is CCOc1ccccc1Oc1c(C(F)(F)F)oc2cc(OC(C)=O)ccc2c1=O. The topological polar surface area (TPSA) is 75.0 Å². The molecule has 0 aliphatic rings. The van der Waals surface area contributed by atoms with Crippen molar-refractivity contribution in [3.63, 3.8) is 0 Å². The maximum Gasteiger partial charge on any atom is 0.453 e. The summed E-state index contributed by atoms with van der Waals surface area (Å²) in [5, 5.41) is -0.169. The van der Waals surface area contributed by atoms with Gasteiger partial charge in [0.15, 0.2) is 11.5 Å². The van der Waals surface area contributed by atoms with Crippen LogP contribution >= 0.6 is 0 Å². The number of hydrogen-bond acceptors (Lipinski definition) is 6. The summed E-state index contributed by atoms with van der Waals surface area (Å²) in [7, 11) is 0. The lowest BCUT2D eigenvalue weighted by atomic mass is 10.2. The summed E-state index contributed by atoms with van der Waals surface area (Å²) in [4.78, 5) is 23.8. The Morgan fingerprint density at radius 2 is 1.79 bits per heavy atom. The van der Waals surface area contributed by atoms with Crippen molar-refractivity contribution in [1.29, 1.82) is 0 Å². The predicted octanol–water partition coefficient (Wildman–Crippen LogP) is 4.93. The minimum atomic E-state index is -5.01. The van der Waals surface area contributed by atoms with Gasteiger partial charge in [0.05, 0.1) is 12.0 Å². The van der Waals surface area contributed by atoms with E-state index in [1.165, 1.54) is 30.3 Å². The van der Waals surface area contributed by atoms with E-state index in [0.717, 1.165) is 13.0 Å². The first-order valence-corrected chi connectivity index (χ1v) is 8.47. The molecule has 0 saturated carbocycles. The molecule has 29 heavy (non-hydrogen) atoms. The summed E-state index contributed by atoms with van der Waals surface area (Å²) in [6, 6.07) is 9.51. The van der Waals surface area contributed by atoms with Crippen LogP contribution in [0.5, 0.6) is 23.0 Å². The highest BCUT2D eigenvalue weighted by molar-refractivity contribution is 5.81. The number of rotatable bonds is 5. The summed E-state index contributed by atoms with van der Waals surface area (Å²) in [5.41, 5.74) is -1.43. The molecule has 0 aliphatic heterocycles. The van der Waals surface area contributed by atoms with Crippen LogP contribution in [0.3, 0.4) is 0 Å². The fourth-order valence-electron chi connectivity index (χ4n) is 2.58. The molecule has 3 rings (SSSR count). The van der Waals surface area contributed by atoms with Gasteiger partial charge in [0.1, 0.15) is 11.3 Å². The van der Waals surface area contributed by atoms with Crippen molar-refractivity contribution in [3.05, 3.63) is 58.4 Å². The number of carbonyl (C=O) groups excluding carboxylic acids is 1. The Labute approximate surface area is 162 Å². The Bertz CT molecular complexity index is 1120. The minimum Gasteiger partial charge on any atom is -0.490 e. The molecule has 0 radical (unpaired) electrons. The van der Waals surface area contributed by atoms with E-state index in [1.807, 2.05) is 0 Å². The Balaban J connectivity index is 2.19. The van der Waals surface area contributed by atoms with Crippen molar-refractivity contribution in [1.82, 2.24) is 0 Å². The monoisotopic (exact) mass is 408 g/mol. The zero-order valence-electron chi connectivity index (χ0n) is 15.3. The Kier molecular flexibility index (Phi) is 5.49. The van der Waals surface area contributed by atoms with Crippen LogP contribution in [0, 0.1) is 0 Å².